The minimum Gasteiger partial charge on any atom is -0.317 e. The van der Waals surface area contributed by atoms with Crippen LogP contribution in [0.2, 0.25) is 0 Å². The molecule has 0 spiro atoms. The van der Waals surface area contributed by atoms with Gasteiger partial charge in [0.25, 0.3) is 0 Å². The van der Waals surface area contributed by atoms with E-state index in [-0.39, 0.29) is 0 Å². The molecular weight excluding hydrogens is 134 g/mol. The van der Waals surface area contributed by atoms with Gasteiger partial charge in [0.15, 0.2) is 0 Å². The summed E-state index contributed by atoms with van der Waals surface area (Å²) in [5.74, 6) is 0. The highest BCUT2D eigenvalue weighted by Crippen LogP contribution is 1.71. The normalized spacial score (nSPS) is 7.09. The van der Waals surface area contributed by atoms with E-state index in [1.54, 1.807) is 0 Å². The number of nitrogens with one attached hydrogen (secondary N) is 1. The minimum atomic E-state index is 1.17. The van der Waals surface area contributed by atoms with E-state index in [1.165, 1.54) is 25.9 Å². The number of hydrogen-bond acceptors (Lipinski definition) is 1. The lowest BCUT2D eigenvalue weighted by molar-refractivity contribution is 0.662. The van der Waals surface area contributed by atoms with Gasteiger partial charge in [-0.05, 0) is 25.9 Å². The summed E-state index contributed by atoms with van der Waals surface area (Å²) in [6.07, 6.45) is 2.50. The molecule has 0 aliphatic carbocycles. The molecule has 1 N–H and O–H groups in total. The fraction of sp³-hybridized carbons (Fsp3) is 1.00. The second-order valence-electron chi connectivity index (χ2n) is 1.75. The van der Waals surface area contributed by atoms with Crippen LogP contribution in [0, 0.1) is 0 Å². The molecule has 0 fully saturated rings. The standard InChI is InChI=1S/C6H15N.2C2H6/c1-3-5-7-6-4-2;2*1-2/h7H,3-6H2,1-2H3;2*1-2H3. The maximum Gasteiger partial charge on any atom is -0.00516 e. The molecule has 0 bridgehead atoms. The Hall–Kier alpha value is -0.0400. The van der Waals surface area contributed by atoms with Crippen LogP contribution in [0.3, 0.4) is 0 Å². The van der Waals surface area contributed by atoms with E-state index in [9.17, 15) is 0 Å². The molecule has 1 heteroatoms. The summed E-state index contributed by atoms with van der Waals surface area (Å²) in [5, 5.41) is 3.28. The van der Waals surface area contributed by atoms with E-state index in [2.05, 4.69) is 19.2 Å². The van der Waals surface area contributed by atoms with Crippen LogP contribution in [0.15, 0.2) is 0 Å². The van der Waals surface area contributed by atoms with Gasteiger partial charge in [-0.25, -0.2) is 0 Å². The highest BCUT2D eigenvalue weighted by Gasteiger charge is 1.76. The van der Waals surface area contributed by atoms with E-state index in [0.29, 0.717) is 0 Å². The molecule has 0 rings (SSSR count). The van der Waals surface area contributed by atoms with Gasteiger partial charge in [0.1, 0.15) is 0 Å². The molecule has 0 saturated carbocycles. The molecule has 1 nitrogen and oxygen atoms in total. The van der Waals surface area contributed by atoms with Gasteiger partial charge in [-0.1, -0.05) is 41.5 Å². The second-order valence-corrected chi connectivity index (χ2v) is 1.75. The summed E-state index contributed by atoms with van der Waals surface area (Å²) < 4.78 is 0. The molecule has 0 amide bonds. The zero-order valence-electron chi connectivity index (χ0n) is 9.33. The van der Waals surface area contributed by atoms with E-state index < -0.39 is 0 Å². The maximum atomic E-state index is 3.28. The van der Waals surface area contributed by atoms with Crippen LogP contribution in [0.25, 0.3) is 0 Å². The third-order valence-electron chi connectivity index (χ3n) is 0.854. The number of hydrogen-bond donors (Lipinski definition) is 1. The van der Waals surface area contributed by atoms with E-state index in [0.717, 1.165) is 0 Å². The average molecular weight is 161 g/mol. The lowest BCUT2D eigenvalue weighted by atomic mass is 10.4. The Morgan fingerprint density at radius 3 is 1.18 bits per heavy atom. The molecule has 0 aromatic rings. The zero-order valence-corrected chi connectivity index (χ0v) is 9.33. The number of rotatable bonds is 4. The van der Waals surface area contributed by atoms with Crippen molar-refractivity contribution >= 4 is 0 Å². The van der Waals surface area contributed by atoms with Crippen molar-refractivity contribution in [1.29, 1.82) is 0 Å². The predicted molar refractivity (Wildman–Crippen MR) is 56.1 cm³/mol. The SMILES string of the molecule is CC.CC.CCCNCCC. The van der Waals surface area contributed by atoms with Gasteiger partial charge in [0, 0.05) is 0 Å². The molecule has 72 valence electrons. The highest BCUT2D eigenvalue weighted by atomic mass is 14.8. The molecule has 11 heavy (non-hydrogen) atoms. The van der Waals surface area contributed by atoms with Crippen molar-refractivity contribution in [2.45, 2.75) is 54.4 Å². The van der Waals surface area contributed by atoms with Crippen LogP contribution in [-0.4, -0.2) is 13.1 Å². The summed E-state index contributed by atoms with van der Waals surface area (Å²) >= 11 is 0. The Labute approximate surface area is 73.6 Å². The lowest BCUT2D eigenvalue weighted by Crippen LogP contribution is -2.14. The van der Waals surface area contributed by atoms with Crippen LogP contribution in [-0.2, 0) is 0 Å². The largest absolute Gasteiger partial charge is 0.317 e. The summed E-state index contributed by atoms with van der Waals surface area (Å²) in [7, 11) is 0. The molecule has 0 radical (unpaired) electrons. The fourth-order valence-electron chi connectivity index (χ4n) is 0.479. The average Bonchev–Trinajstić information content (AvgIpc) is 2.13. The maximum absolute atomic E-state index is 3.28. The molecule has 0 aliphatic heterocycles. The summed E-state index contributed by atoms with van der Waals surface area (Å²) in [6.45, 7) is 14.7. The summed E-state index contributed by atoms with van der Waals surface area (Å²) in [4.78, 5) is 0. The first-order valence-electron chi connectivity index (χ1n) is 5.12. The van der Waals surface area contributed by atoms with Crippen molar-refractivity contribution in [1.82, 2.24) is 5.32 Å². The second kappa shape index (κ2) is 32.5. The van der Waals surface area contributed by atoms with Gasteiger partial charge in [0.05, 0.1) is 0 Å². The summed E-state index contributed by atoms with van der Waals surface area (Å²) in [5.41, 5.74) is 0. The first-order valence-corrected chi connectivity index (χ1v) is 5.12. The summed E-state index contributed by atoms with van der Waals surface area (Å²) in [6, 6.07) is 0. The van der Waals surface area contributed by atoms with Crippen LogP contribution in [0.4, 0.5) is 0 Å². The monoisotopic (exact) mass is 161 g/mol. The van der Waals surface area contributed by atoms with Crippen molar-refractivity contribution in [2.75, 3.05) is 13.1 Å². The molecule has 0 aromatic carbocycles. The van der Waals surface area contributed by atoms with Gasteiger partial charge in [0.2, 0.25) is 0 Å². The molecule has 0 aromatic heterocycles. The first kappa shape index (κ1) is 17.2. The van der Waals surface area contributed by atoms with E-state index in [1.807, 2.05) is 27.7 Å². The van der Waals surface area contributed by atoms with E-state index in [4.69, 9.17) is 0 Å². The minimum absolute atomic E-state index is 1.17. The Morgan fingerprint density at radius 1 is 0.727 bits per heavy atom. The third-order valence-corrected chi connectivity index (χ3v) is 0.854. The van der Waals surface area contributed by atoms with Gasteiger partial charge < -0.3 is 5.32 Å². The van der Waals surface area contributed by atoms with Crippen LogP contribution in [0.1, 0.15) is 54.4 Å². The Morgan fingerprint density at radius 2 is 1.00 bits per heavy atom. The van der Waals surface area contributed by atoms with Gasteiger partial charge in [-0.3, -0.25) is 0 Å². The highest BCUT2D eigenvalue weighted by molar-refractivity contribution is 4.39. The van der Waals surface area contributed by atoms with Crippen LogP contribution in [0.5, 0.6) is 0 Å². The smallest absolute Gasteiger partial charge is 0.00516 e. The van der Waals surface area contributed by atoms with Crippen molar-refractivity contribution in [3.05, 3.63) is 0 Å². The fourth-order valence-corrected chi connectivity index (χ4v) is 0.479. The van der Waals surface area contributed by atoms with Crippen molar-refractivity contribution in [3.63, 3.8) is 0 Å². The molecule has 0 atom stereocenters. The predicted octanol–water partition coefficient (Wildman–Crippen LogP) is 3.45. The molecule has 0 heterocycles. The van der Waals surface area contributed by atoms with Gasteiger partial charge in [-0.15, -0.1) is 0 Å². The van der Waals surface area contributed by atoms with Crippen molar-refractivity contribution in [2.24, 2.45) is 0 Å². The molecule has 0 aliphatic rings. The van der Waals surface area contributed by atoms with Crippen LogP contribution < -0.4 is 5.32 Å². The Bertz CT molecular complexity index is 24.1. The first-order chi connectivity index (χ1) is 5.41. The van der Waals surface area contributed by atoms with Gasteiger partial charge >= 0.3 is 0 Å². The Kier molecular flexibility index (Phi) is 50.7. The van der Waals surface area contributed by atoms with Gasteiger partial charge in [-0.2, -0.15) is 0 Å². The Balaban J connectivity index is -0.000000138. The quantitative estimate of drug-likeness (QED) is 0.623. The molecule has 0 saturated heterocycles. The van der Waals surface area contributed by atoms with Crippen molar-refractivity contribution in [3.8, 4) is 0 Å². The third kappa shape index (κ3) is 40.2. The lowest BCUT2D eigenvalue weighted by Gasteiger charge is -1.95. The molecule has 0 unspecified atom stereocenters. The topological polar surface area (TPSA) is 12.0 Å². The van der Waals surface area contributed by atoms with Crippen molar-refractivity contribution < 1.29 is 0 Å². The molecular formula is C10H27N. The van der Waals surface area contributed by atoms with E-state index >= 15 is 0 Å². The zero-order chi connectivity index (χ0) is 9.54. The van der Waals surface area contributed by atoms with Crippen LogP contribution >= 0.6 is 0 Å².